The number of hydrogen-bond acceptors (Lipinski definition) is 3. The molecule has 1 aliphatic rings. The molecule has 0 radical (unpaired) electrons. The molecule has 4 nitrogen and oxygen atoms in total. The molecule has 0 fully saturated rings. The standard InChI is InChI=1S/C16H16N2O2/c1-11-4-2-6-13-14(19)7-9-18(15(11)13)16(20)12-5-3-8-17-10-12/h2-6,8,10,14,19H,7,9H2,1H3. The Labute approximate surface area is 117 Å². The second kappa shape index (κ2) is 5.06. The van der Waals surface area contributed by atoms with Crippen molar-refractivity contribution in [2.24, 2.45) is 0 Å². The quantitative estimate of drug-likeness (QED) is 0.864. The number of aromatic nitrogens is 1. The lowest BCUT2D eigenvalue weighted by atomic mass is 9.95. The molecule has 2 aromatic rings. The summed E-state index contributed by atoms with van der Waals surface area (Å²) < 4.78 is 0. The van der Waals surface area contributed by atoms with E-state index in [9.17, 15) is 9.90 Å². The smallest absolute Gasteiger partial charge is 0.259 e. The summed E-state index contributed by atoms with van der Waals surface area (Å²) in [5.41, 5.74) is 3.23. The molecule has 1 aliphatic heterocycles. The Kier molecular flexibility index (Phi) is 3.24. The molecule has 1 aromatic heterocycles. The number of carbonyl (C=O) groups excluding carboxylic acids is 1. The second-order valence-electron chi connectivity index (χ2n) is 5.02. The number of aliphatic hydroxyl groups excluding tert-OH is 1. The highest BCUT2D eigenvalue weighted by Crippen LogP contribution is 2.36. The van der Waals surface area contributed by atoms with Gasteiger partial charge in [0.2, 0.25) is 0 Å². The van der Waals surface area contributed by atoms with Crippen molar-refractivity contribution in [1.82, 2.24) is 4.98 Å². The molecular weight excluding hydrogens is 252 g/mol. The van der Waals surface area contributed by atoms with Crippen LogP contribution in [0.25, 0.3) is 0 Å². The van der Waals surface area contributed by atoms with Crippen molar-refractivity contribution in [1.29, 1.82) is 0 Å². The average Bonchev–Trinajstić information content (AvgIpc) is 2.49. The number of fused-ring (bicyclic) bond motifs is 1. The van der Waals surface area contributed by atoms with Crippen LogP contribution in [0.3, 0.4) is 0 Å². The van der Waals surface area contributed by atoms with Crippen molar-refractivity contribution in [3.63, 3.8) is 0 Å². The van der Waals surface area contributed by atoms with E-state index in [0.717, 1.165) is 16.8 Å². The monoisotopic (exact) mass is 268 g/mol. The summed E-state index contributed by atoms with van der Waals surface area (Å²) in [5, 5.41) is 10.1. The van der Waals surface area contributed by atoms with E-state index in [4.69, 9.17) is 0 Å². The lowest BCUT2D eigenvalue weighted by Gasteiger charge is -2.33. The second-order valence-corrected chi connectivity index (χ2v) is 5.02. The third-order valence-corrected chi connectivity index (χ3v) is 3.68. The zero-order chi connectivity index (χ0) is 14.1. The molecule has 0 spiro atoms. The predicted octanol–water partition coefficient (Wildman–Crippen LogP) is 2.47. The van der Waals surface area contributed by atoms with Crippen molar-refractivity contribution in [2.45, 2.75) is 19.4 Å². The van der Waals surface area contributed by atoms with Crippen LogP contribution in [0.1, 0.15) is 34.0 Å². The topological polar surface area (TPSA) is 53.4 Å². The van der Waals surface area contributed by atoms with Gasteiger partial charge in [0.05, 0.1) is 17.4 Å². The van der Waals surface area contributed by atoms with Crippen LogP contribution in [0.2, 0.25) is 0 Å². The molecule has 0 bridgehead atoms. The van der Waals surface area contributed by atoms with Crippen LogP contribution < -0.4 is 4.90 Å². The third kappa shape index (κ3) is 2.08. The summed E-state index contributed by atoms with van der Waals surface area (Å²) in [6, 6.07) is 9.27. The summed E-state index contributed by atoms with van der Waals surface area (Å²) in [6.45, 7) is 2.48. The number of anilines is 1. The maximum Gasteiger partial charge on any atom is 0.259 e. The Morgan fingerprint density at radius 3 is 2.95 bits per heavy atom. The largest absolute Gasteiger partial charge is 0.388 e. The van der Waals surface area contributed by atoms with E-state index in [0.29, 0.717) is 18.5 Å². The fourth-order valence-corrected chi connectivity index (χ4v) is 2.69. The van der Waals surface area contributed by atoms with E-state index in [1.807, 2.05) is 25.1 Å². The molecule has 0 saturated heterocycles. The Morgan fingerprint density at radius 2 is 2.20 bits per heavy atom. The first kappa shape index (κ1) is 12.8. The first-order valence-electron chi connectivity index (χ1n) is 6.68. The van der Waals surface area contributed by atoms with E-state index in [1.54, 1.807) is 29.4 Å². The molecule has 1 aromatic carbocycles. The van der Waals surface area contributed by atoms with Crippen LogP contribution in [0.15, 0.2) is 42.7 Å². The highest BCUT2D eigenvalue weighted by atomic mass is 16.3. The predicted molar refractivity (Wildman–Crippen MR) is 76.7 cm³/mol. The molecule has 4 heteroatoms. The molecule has 0 aliphatic carbocycles. The Hall–Kier alpha value is -2.20. The first-order chi connectivity index (χ1) is 9.68. The summed E-state index contributed by atoms with van der Waals surface area (Å²) in [7, 11) is 0. The summed E-state index contributed by atoms with van der Waals surface area (Å²) in [6.07, 6.45) is 3.28. The molecule has 1 amide bonds. The maximum absolute atomic E-state index is 12.6. The molecule has 3 rings (SSSR count). The van der Waals surface area contributed by atoms with Gasteiger partial charge in [-0.2, -0.15) is 0 Å². The van der Waals surface area contributed by atoms with Crippen LogP contribution in [-0.2, 0) is 0 Å². The van der Waals surface area contributed by atoms with Crippen molar-refractivity contribution in [2.75, 3.05) is 11.4 Å². The molecule has 2 heterocycles. The number of benzene rings is 1. The minimum Gasteiger partial charge on any atom is -0.388 e. The number of aliphatic hydroxyl groups is 1. The highest BCUT2D eigenvalue weighted by molar-refractivity contribution is 6.07. The number of nitrogens with zero attached hydrogens (tertiary/aromatic N) is 2. The van der Waals surface area contributed by atoms with Crippen LogP contribution in [-0.4, -0.2) is 22.5 Å². The number of carbonyl (C=O) groups is 1. The van der Waals surface area contributed by atoms with Gasteiger partial charge in [0.1, 0.15) is 0 Å². The SMILES string of the molecule is Cc1cccc2c1N(C(=O)c1cccnc1)CCC2O. The molecule has 20 heavy (non-hydrogen) atoms. The van der Waals surface area contributed by atoms with Gasteiger partial charge in [0, 0.05) is 24.5 Å². The van der Waals surface area contributed by atoms with Crippen molar-refractivity contribution < 1.29 is 9.90 Å². The van der Waals surface area contributed by atoms with Gasteiger partial charge in [-0.1, -0.05) is 18.2 Å². The van der Waals surface area contributed by atoms with E-state index in [-0.39, 0.29) is 5.91 Å². The van der Waals surface area contributed by atoms with E-state index in [2.05, 4.69) is 4.98 Å². The van der Waals surface area contributed by atoms with Gasteiger partial charge in [-0.05, 0) is 31.0 Å². The molecule has 0 saturated carbocycles. The van der Waals surface area contributed by atoms with Crippen LogP contribution in [0.5, 0.6) is 0 Å². The van der Waals surface area contributed by atoms with Gasteiger partial charge in [0.15, 0.2) is 0 Å². The minimum atomic E-state index is -0.497. The van der Waals surface area contributed by atoms with E-state index < -0.39 is 6.10 Å². The molecule has 1 atom stereocenters. The van der Waals surface area contributed by atoms with Crippen molar-refractivity contribution in [3.8, 4) is 0 Å². The molecule has 1 N–H and O–H groups in total. The fraction of sp³-hybridized carbons (Fsp3) is 0.250. The van der Waals surface area contributed by atoms with E-state index in [1.165, 1.54) is 0 Å². The van der Waals surface area contributed by atoms with Gasteiger partial charge in [-0.3, -0.25) is 9.78 Å². The van der Waals surface area contributed by atoms with Crippen LogP contribution >= 0.6 is 0 Å². The van der Waals surface area contributed by atoms with Crippen molar-refractivity contribution >= 4 is 11.6 Å². The fourth-order valence-electron chi connectivity index (χ4n) is 2.69. The zero-order valence-corrected chi connectivity index (χ0v) is 11.3. The third-order valence-electron chi connectivity index (χ3n) is 3.68. The number of amides is 1. The molecular formula is C16H16N2O2. The lowest BCUT2D eigenvalue weighted by molar-refractivity contribution is 0.0970. The van der Waals surface area contributed by atoms with Crippen LogP contribution in [0, 0.1) is 6.92 Å². The lowest BCUT2D eigenvalue weighted by Crippen LogP contribution is -2.37. The van der Waals surface area contributed by atoms with Gasteiger partial charge in [0.25, 0.3) is 5.91 Å². The average molecular weight is 268 g/mol. The number of pyridine rings is 1. The Morgan fingerprint density at radius 1 is 1.35 bits per heavy atom. The Bertz CT molecular complexity index is 640. The Balaban J connectivity index is 2.05. The number of rotatable bonds is 1. The van der Waals surface area contributed by atoms with E-state index >= 15 is 0 Å². The number of aryl methyl sites for hydroxylation is 1. The zero-order valence-electron chi connectivity index (χ0n) is 11.3. The van der Waals surface area contributed by atoms with Gasteiger partial charge in [-0.25, -0.2) is 0 Å². The number of para-hydroxylation sites is 1. The first-order valence-corrected chi connectivity index (χ1v) is 6.68. The van der Waals surface area contributed by atoms with Gasteiger partial charge < -0.3 is 10.0 Å². The molecule has 1 unspecified atom stereocenters. The molecule has 102 valence electrons. The summed E-state index contributed by atoms with van der Waals surface area (Å²) in [4.78, 5) is 18.4. The normalized spacial score (nSPS) is 17.7. The maximum atomic E-state index is 12.6. The highest BCUT2D eigenvalue weighted by Gasteiger charge is 2.29. The van der Waals surface area contributed by atoms with Gasteiger partial charge in [-0.15, -0.1) is 0 Å². The van der Waals surface area contributed by atoms with Crippen molar-refractivity contribution in [3.05, 3.63) is 59.4 Å². The minimum absolute atomic E-state index is 0.0689. The number of hydrogen-bond donors (Lipinski definition) is 1. The van der Waals surface area contributed by atoms with Crippen LogP contribution in [0.4, 0.5) is 5.69 Å². The summed E-state index contributed by atoms with van der Waals surface area (Å²) in [5.74, 6) is -0.0689. The van der Waals surface area contributed by atoms with Gasteiger partial charge >= 0.3 is 0 Å². The summed E-state index contributed by atoms with van der Waals surface area (Å²) >= 11 is 0.